The molecule has 0 aliphatic heterocycles. The van der Waals surface area contributed by atoms with Gasteiger partial charge < -0.3 is 10.1 Å². The smallest absolute Gasteiger partial charge is 0.372 e. The Morgan fingerprint density at radius 2 is 1.71 bits per heavy atom. The fourth-order valence-electron chi connectivity index (χ4n) is 1.93. The molecule has 21 heavy (non-hydrogen) atoms. The first-order valence-corrected chi connectivity index (χ1v) is 7.09. The first kappa shape index (κ1) is 18.0. The molecule has 0 aliphatic rings. The van der Waals surface area contributed by atoms with Gasteiger partial charge in [0.15, 0.2) is 0 Å². The van der Waals surface area contributed by atoms with Crippen LogP contribution in [0.5, 0.6) is 0 Å². The lowest BCUT2D eigenvalue weighted by Crippen LogP contribution is -2.41. The van der Waals surface area contributed by atoms with Crippen LogP contribution < -0.4 is 5.32 Å². The first-order chi connectivity index (χ1) is 9.66. The van der Waals surface area contributed by atoms with Gasteiger partial charge in [0.25, 0.3) is 0 Å². The zero-order chi connectivity index (χ0) is 15.9. The van der Waals surface area contributed by atoms with Crippen LogP contribution in [-0.4, -0.2) is 31.5 Å². The predicted molar refractivity (Wildman–Crippen MR) is 78.3 cm³/mol. The number of rotatable bonds is 7. The quantitative estimate of drug-likeness (QED) is 0.827. The fraction of sp³-hybridized carbons (Fsp3) is 0.625. The van der Waals surface area contributed by atoms with Crippen molar-refractivity contribution in [1.29, 1.82) is 0 Å². The Labute approximate surface area is 124 Å². The second kappa shape index (κ2) is 7.80. The Bertz CT molecular complexity index is 398. The number of benzene rings is 1. The van der Waals surface area contributed by atoms with Crippen LogP contribution in [-0.2, 0) is 11.2 Å². The van der Waals surface area contributed by atoms with Crippen molar-refractivity contribution in [1.82, 2.24) is 5.32 Å². The minimum atomic E-state index is -4.27. The Morgan fingerprint density at radius 3 is 2.24 bits per heavy atom. The molecular formula is C16H24F3NO. The van der Waals surface area contributed by atoms with Crippen molar-refractivity contribution in [2.24, 2.45) is 5.92 Å². The normalized spacial score (nSPS) is 14.2. The van der Waals surface area contributed by atoms with Gasteiger partial charge in [-0.3, -0.25) is 0 Å². The minimum absolute atomic E-state index is 0.00831. The molecule has 0 amide bonds. The van der Waals surface area contributed by atoms with Gasteiger partial charge in [0, 0.05) is 12.1 Å². The van der Waals surface area contributed by atoms with Gasteiger partial charge in [-0.25, -0.2) is 0 Å². The van der Waals surface area contributed by atoms with Gasteiger partial charge in [-0.05, 0) is 38.7 Å². The van der Waals surface area contributed by atoms with E-state index in [1.54, 1.807) is 0 Å². The number of hydrogen-bond acceptors (Lipinski definition) is 2. The van der Waals surface area contributed by atoms with Gasteiger partial charge in [0.05, 0.1) is 6.61 Å². The third kappa shape index (κ3) is 9.47. The SMILES string of the molecule is CC(C)(C)NCC(COCC(F)(F)F)Cc1ccccc1. The molecular weight excluding hydrogens is 279 g/mol. The Balaban J connectivity index is 2.53. The molecule has 0 bridgehead atoms. The highest BCUT2D eigenvalue weighted by molar-refractivity contribution is 5.15. The summed E-state index contributed by atoms with van der Waals surface area (Å²) in [5, 5.41) is 3.33. The summed E-state index contributed by atoms with van der Waals surface area (Å²) < 4.78 is 41.3. The number of ether oxygens (including phenoxy) is 1. The van der Waals surface area contributed by atoms with Gasteiger partial charge in [-0.15, -0.1) is 0 Å². The first-order valence-electron chi connectivity index (χ1n) is 7.09. The van der Waals surface area contributed by atoms with E-state index in [2.05, 4.69) is 5.32 Å². The molecule has 1 unspecified atom stereocenters. The molecule has 0 saturated carbocycles. The minimum Gasteiger partial charge on any atom is -0.372 e. The number of nitrogens with one attached hydrogen (secondary N) is 1. The lowest BCUT2D eigenvalue weighted by Gasteiger charge is -2.25. The zero-order valence-corrected chi connectivity index (χ0v) is 12.8. The van der Waals surface area contributed by atoms with Crippen molar-refractivity contribution in [3.05, 3.63) is 35.9 Å². The summed E-state index contributed by atoms with van der Waals surface area (Å²) in [5.41, 5.74) is 1.03. The maximum absolute atomic E-state index is 12.2. The van der Waals surface area contributed by atoms with E-state index < -0.39 is 12.8 Å². The summed E-state index contributed by atoms with van der Waals surface area (Å²) in [6.45, 7) is 5.62. The summed E-state index contributed by atoms with van der Waals surface area (Å²) in [5.74, 6) is 0.00831. The van der Waals surface area contributed by atoms with E-state index in [1.807, 2.05) is 51.1 Å². The maximum atomic E-state index is 12.2. The van der Waals surface area contributed by atoms with E-state index in [-0.39, 0.29) is 18.1 Å². The van der Waals surface area contributed by atoms with Crippen molar-refractivity contribution < 1.29 is 17.9 Å². The van der Waals surface area contributed by atoms with Gasteiger partial charge >= 0.3 is 6.18 Å². The van der Waals surface area contributed by atoms with E-state index in [0.29, 0.717) is 13.0 Å². The van der Waals surface area contributed by atoms with E-state index in [0.717, 1.165) is 5.56 Å². The molecule has 0 spiro atoms. The molecule has 0 aromatic heterocycles. The highest BCUT2D eigenvalue weighted by Crippen LogP contribution is 2.16. The summed E-state index contributed by atoms with van der Waals surface area (Å²) in [4.78, 5) is 0. The number of alkyl halides is 3. The van der Waals surface area contributed by atoms with Gasteiger partial charge in [0.1, 0.15) is 6.61 Å². The second-order valence-electron chi connectivity index (χ2n) is 6.32. The largest absolute Gasteiger partial charge is 0.411 e. The molecule has 5 heteroatoms. The van der Waals surface area contributed by atoms with Gasteiger partial charge in [0.2, 0.25) is 0 Å². The predicted octanol–water partition coefficient (Wildman–Crippen LogP) is 3.81. The van der Waals surface area contributed by atoms with Crippen molar-refractivity contribution in [3.63, 3.8) is 0 Å². The Morgan fingerprint density at radius 1 is 1.10 bits per heavy atom. The van der Waals surface area contributed by atoms with Crippen LogP contribution >= 0.6 is 0 Å². The topological polar surface area (TPSA) is 21.3 Å². The molecule has 120 valence electrons. The number of halogens is 3. The molecule has 1 aromatic carbocycles. The Kier molecular flexibility index (Phi) is 6.68. The van der Waals surface area contributed by atoms with E-state index in [9.17, 15) is 13.2 Å². The van der Waals surface area contributed by atoms with Crippen LogP contribution in [0.15, 0.2) is 30.3 Å². The van der Waals surface area contributed by atoms with Crippen LogP contribution in [0.2, 0.25) is 0 Å². The average Bonchev–Trinajstić information content (AvgIpc) is 2.34. The van der Waals surface area contributed by atoms with E-state index in [1.165, 1.54) is 0 Å². The summed E-state index contributed by atoms with van der Waals surface area (Å²) in [6, 6.07) is 9.74. The van der Waals surface area contributed by atoms with Crippen molar-refractivity contribution in [3.8, 4) is 0 Å². The number of hydrogen-bond donors (Lipinski definition) is 1. The van der Waals surface area contributed by atoms with Crippen LogP contribution in [0.25, 0.3) is 0 Å². The molecule has 1 N–H and O–H groups in total. The van der Waals surface area contributed by atoms with Crippen LogP contribution in [0.3, 0.4) is 0 Å². The molecule has 0 fully saturated rings. The highest BCUT2D eigenvalue weighted by Gasteiger charge is 2.28. The maximum Gasteiger partial charge on any atom is 0.411 e. The van der Waals surface area contributed by atoms with Crippen LogP contribution in [0, 0.1) is 5.92 Å². The monoisotopic (exact) mass is 303 g/mol. The molecule has 1 aromatic rings. The van der Waals surface area contributed by atoms with Crippen molar-refractivity contribution in [2.75, 3.05) is 19.8 Å². The molecule has 0 heterocycles. The third-order valence-electron chi connectivity index (χ3n) is 2.91. The summed E-state index contributed by atoms with van der Waals surface area (Å²) >= 11 is 0. The molecule has 0 radical (unpaired) electrons. The highest BCUT2D eigenvalue weighted by atomic mass is 19.4. The van der Waals surface area contributed by atoms with E-state index in [4.69, 9.17) is 4.74 Å². The third-order valence-corrected chi connectivity index (χ3v) is 2.91. The summed E-state index contributed by atoms with van der Waals surface area (Å²) in [6.07, 6.45) is -3.57. The molecule has 1 rings (SSSR count). The standard InChI is InChI=1S/C16H24F3NO/c1-15(2,3)20-10-14(11-21-12-16(17,18)19)9-13-7-5-4-6-8-13/h4-8,14,20H,9-12H2,1-3H3. The molecule has 2 nitrogen and oxygen atoms in total. The van der Waals surface area contributed by atoms with Crippen molar-refractivity contribution in [2.45, 2.75) is 38.9 Å². The zero-order valence-electron chi connectivity index (χ0n) is 12.8. The summed E-state index contributed by atoms with van der Waals surface area (Å²) in [7, 11) is 0. The Hall–Kier alpha value is -1.07. The van der Waals surface area contributed by atoms with Crippen LogP contribution in [0.1, 0.15) is 26.3 Å². The average molecular weight is 303 g/mol. The second-order valence-corrected chi connectivity index (χ2v) is 6.32. The fourth-order valence-corrected chi connectivity index (χ4v) is 1.93. The lowest BCUT2D eigenvalue weighted by molar-refractivity contribution is -0.176. The lowest BCUT2D eigenvalue weighted by atomic mass is 9.98. The van der Waals surface area contributed by atoms with Crippen molar-refractivity contribution >= 4 is 0 Å². The molecule has 0 aliphatic carbocycles. The van der Waals surface area contributed by atoms with Crippen LogP contribution in [0.4, 0.5) is 13.2 Å². The molecule has 1 atom stereocenters. The van der Waals surface area contributed by atoms with Gasteiger partial charge in [-0.1, -0.05) is 30.3 Å². The van der Waals surface area contributed by atoms with E-state index >= 15 is 0 Å². The van der Waals surface area contributed by atoms with Gasteiger partial charge in [-0.2, -0.15) is 13.2 Å². The molecule has 0 saturated heterocycles.